The first-order chi connectivity index (χ1) is 6.85. The van der Waals surface area contributed by atoms with Crippen LogP contribution in [0.1, 0.15) is 5.56 Å². The van der Waals surface area contributed by atoms with Gasteiger partial charge in [-0.05, 0) is 24.6 Å². The smallest absolute Gasteiger partial charge is 0.401 e. The number of benzene rings is 1. The van der Waals surface area contributed by atoms with E-state index in [4.69, 9.17) is 32.6 Å². The molecule has 0 bridgehead atoms. The van der Waals surface area contributed by atoms with Crippen LogP contribution in [0.4, 0.5) is 0 Å². The largest absolute Gasteiger partial charge is 0.527 e. The highest BCUT2D eigenvalue weighted by atomic mass is 35.5. The van der Waals surface area contributed by atoms with Crippen LogP contribution < -0.4 is 4.52 Å². The highest BCUT2D eigenvalue weighted by molar-refractivity contribution is 7.47. The number of halogens is 2. The number of hydrogen-bond acceptors (Lipinski definition) is 3. The van der Waals surface area contributed by atoms with Crippen LogP contribution in [0.3, 0.4) is 0 Å². The highest BCUT2D eigenvalue weighted by Crippen LogP contribution is 2.47. The Morgan fingerprint density at radius 3 is 2.20 bits per heavy atom. The van der Waals surface area contributed by atoms with E-state index in [1.54, 1.807) is 19.1 Å². The fourth-order valence-electron chi connectivity index (χ4n) is 0.926. The summed E-state index contributed by atoms with van der Waals surface area (Å²) in [5, 5.41) is 0.317. The molecule has 0 aliphatic rings. The van der Waals surface area contributed by atoms with Gasteiger partial charge >= 0.3 is 7.82 Å². The average Bonchev–Trinajstić information content (AvgIpc) is 2.11. The van der Waals surface area contributed by atoms with Gasteiger partial charge in [0.15, 0.2) is 5.75 Å². The molecular weight excluding hydrogens is 262 g/mol. The lowest BCUT2D eigenvalue weighted by atomic mass is 10.2. The topological polar surface area (TPSA) is 55.8 Å². The molecule has 4 nitrogen and oxygen atoms in total. The van der Waals surface area contributed by atoms with Gasteiger partial charge in [-0.25, -0.2) is 4.57 Å². The molecular formula is C8H9Cl2O4P. The van der Waals surface area contributed by atoms with E-state index in [1.165, 1.54) is 0 Å². The van der Waals surface area contributed by atoms with Gasteiger partial charge in [0.1, 0.15) is 0 Å². The summed E-state index contributed by atoms with van der Waals surface area (Å²) in [5.41, 5.74) is 0.822. The molecule has 0 amide bonds. The van der Waals surface area contributed by atoms with Crippen LogP contribution in [-0.2, 0) is 9.09 Å². The van der Waals surface area contributed by atoms with Crippen LogP contribution in [0.5, 0.6) is 5.75 Å². The number of hydrogen-bond donors (Lipinski definition) is 1. The van der Waals surface area contributed by atoms with Crippen LogP contribution >= 0.6 is 31.0 Å². The molecule has 0 aliphatic carbocycles. The van der Waals surface area contributed by atoms with Gasteiger partial charge in [-0.1, -0.05) is 23.2 Å². The number of phosphoric ester groups is 1. The summed E-state index contributed by atoms with van der Waals surface area (Å²) in [4.78, 5) is 9.09. The molecule has 0 saturated heterocycles. The Bertz CT molecular complexity index is 398. The molecule has 0 heterocycles. The summed E-state index contributed by atoms with van der Waals surface area (Å²) in [6.07, 6.45) is 0. The van der Waals surface area contributed by atoms with Gasteiger partial charge in [-0.15, -0.1) is 0 Å². The molecule has 1 unspecified atom stereocenters. The molecule has 1 atom stereocenters. The molecule has 0 spiro atoms. The minimum absolute atomic E-state index is 0.0587. The Morgan fingerprint density at radius 2 is 1.80 bits per heavy atom. The zero-order valence-electron chi connectivity index (χ0n) is 8.03. The van der Waals surface area contributed by atoms with E-state index in [9.17, 15) is 4.57 Å². The lowest BCUT2D eigenvalue weighted by Crippen LogP contribution is -1.95. The lowest BCUT2D eigenvalue weighted by molar-refractivity contribution is 0.243. The summed E-state index contributed by atoms with van der Waals surface area (Å²) in [6.45, 7) is 1.79. The van der Waals surface area contributed by atoms with E-state index < -0.39 is 7.82 Å². The van der Waals surface area contributed by atoms with Crippen molar-refractivity contribution in [2.75, 3.05) is 7.11 Å². The SMILES string of the molecule is COP(=O)(O)Oc1c(Cl)cc(C)cc1Cl. The Hall–Kier alpha value is -0.250. The summed E-state index contributed by atoms with van der Waals surface area (Å²) >= 11 is 11.6. The maximum atomic E-state index is 11.1. The Kier molecular flexibility index (Phi) is 4.04. The lowest BCUT2D eigenvalue weighted by Gasteiger charge is -2.13. The van der Waals surface area contributed by atoms with Gasteiger partial charge in [-0.3, -0.25) is 9.42 Å². The van der Waals surface area contributed by atoms with Crippen molar-refractivity contribution in [1.82, 2.24) is 0 Å². The van der Waals surface area contributed by atoms with Gasteiger partial charge < -0.3 is 4.52 Å². The molecule has 1 rings (SSSR count). The predicted octanol–water partition coefficient (Wildman–Crippen LogP) is 3.43. The Labute approximate surface area is 97.3 Å². The number of phosphoric acid groups is 1. The van der Waals surface area contributed by atoms with E-state index >= 15 is 0 Å². The monoisotopic (exact) mass is 270 g/mol. The molecule has 1 N–H and O–H groups in total. The van der Waals surface area contributed by atoms with Crippen molar-refractivity contribution in [2.45, 2.75) is 6.92 Å². The van der Waals surface area contributed by atoms with Crippen molar-refractivity contribution >= 4 is 31.0 Å². The summed E-state index contributed by atoms with van der Waals surface area (Å²) < 4.78 is 20.1. The van der Waals surface area contributed by atoms with E-state index in [1.807, 2.05) is 0 Å². The predicted molar refractivity (Wildman–Crippen MR) is 58.7 cm³/mol. The van der Waals surface area contributed by atoms with Crippen molar-refractivity contribution in [1.29, 1.82) is 0 Å². The zero-order chi connectivity index (χ0) is 11.6. The Morgan fingerprint density at radius 1 is 1.33 bits per heavy atom. The molecule has 1 aromatic rings. The van der Waals surface area contributed by atoms with Crippen LogP contribution in [0.15, 0.2) is 12.1 Å². The highest BCUT2D eigenvalue weighted by Gasteiger charge is 2.23. The van der Waals surface area contributed by atoms with Crippen LogP contribution in [-0.4, -0.2) is 12.0 Å². The van der Waals surface area contributed by atoms with Crippen LogP contribution in [0.2, 0.25) is 10.0 Å². The van der Waals surface area contributed by atoms with E-state index in [0.29, 0.717) is 0 Å². The van der Waals surface area contributed by atoms with Crippen molar-refractivity contribution in [3.63, 3.8) is 0 Å². The molecule has 1 aromatic carbocycles. The van der Waals surface area contributed by atoms with Crippen LogP contribution in [0.25, 0.3) is 0 Å². The number of aryl methyl sites for hydroxylation is 1. The second-order valence-corrected chi connectivity index (χ2v) is 5.10. The van der Waals surface area contributed by atoms with Gasteiger partial charge in [0.25, 0.3) is 0 Å². The molecule has 7 heteroatoms. The Balaban J connectivity index is 3.11. The quantitative estimate of drug-likeness (QED) is 0.855. The molecule has 15 heavy (non-hydrogen) atoms. The van der Waals surface area contributed by atoms with Crippen molar-refractivity contribution < 1.29 is 18.5 Å². The molecule has 0 saturated carbocycles. The second-order valence-electron chi connectivity index (χ2n) is 2.80. The molecule has 0 fully saturated rings. The summed E-state index contributed by atoms with van der Waals surface area (Å²) in [7, 11) is -3.08. The standard InChI is InChI=1S/C8H9Cl2O4P/c1-5-3-6(9)8(7(10)4-5)14-15(11,12)13-2/h3-4H,1-2H3,(H,11,12). The van der Waals surface area contributed by atoms with Gasteiger partial charge in [0.2, 0.25) is 0 Å². The fraction of sp³-hybridized carbons (Fsp3) is 0.250. The molecule has 0 aliphatic heterocycles. The number of rotatable bonds is 3. The van der Waals surface area contributed by atoms with Gasteiger partial charge in [-0.2, -0.15) is 0 Å². The van der Waals surface area contributed by atoms with Gasteiger partial charge in [0, 0.05) is 7.11 Å². The average molecular weight is 271 g/mol. The zero-order valence-corrected chi connectivity index (χ0v) is 10.4. The third-order valence-electron chi connectivity index (χ3n) is 1.58. The maximum absolute atomic E-state index is 11.1. The maximum Gasteiger partial charge on any atom is 0.527 e. The molecule has 0 radical (unpaired) electrons. The van der Waals surface area contributed by atoms with Crippen molar-refractivity contribution in [3.05, 3.63) is 27.7 Å². The third kappa shape index (κ3) is 3.37. The first-order valence-corrected chi connectivity index (χ1v) is 6.14. The first-order valence-electron chi connectivity index (χ1n) is 3.89. The van der Waals surface area contributed by atoms with E-state index in [0.717, 1.165) is 12.7 Å². The normalized spacial score (nSPS) is 14.7. The summed E-state index contributed by atoms with van der Waals surface area (Å²) in [6, 6.07) is 3.14. The van der Waals surface area contributed by atoms with Crippen LogP contribution in [0, 0.1) is 6.92 Å². The van der Waals surface area contributed by atoms with Crippen molar-refractivity contribution in [3.8, 4) is 5.75 Å². The summed E-state index contributed by atoms with van der Waals surface area (Å²) in [5.74, 6) is -0.0587. The first kappa shape index (κ1) is 12.8. The second kappa shape index (κ2) is 4.73. The van der Waals surface area contributed by atoms with Crippen molar-refractivity contribution in [2.24, 2.45) is 0 Å². The minimum Gasteiger partial charge on any atom is -0.401 e. The van der Waals surface area contributed by atoms with E-state index in [2.05, 4.69) is 4.52 Å². The third-order valence-corrected chi connectivity index (χ3v) is 3.02. The van der Waals surface area contributed by atoms with E-state index in [-0.39, 0.29) is 15.8 Å². The molecule has 0 aromatic heterocycles. The van der Waals surface area contributed by atoms with Gasteiger partial charge in [0.05, 0.1) is 10.0 Å². The fourth-order valence-corrected chi connectivity index (χ4v) is 2.21. The minimum atomic E-state index is -4.13. The molecule has 84 valence electrons.